The molecule has 8 heteroatoms. The Morgan fingerprint density at radius 1 is 1.19 bits per heavy atom. The van der Waals surface area contributed by atoms with Gasteiger partial charge in [0.25, 0.3) is 5.91 Å². The number of hydrogen-bond donors (Lipinski definition) is 1. The summed E-state index contributed by atoms with van der Waals surface area (Å²) in [6.45, 7) is -0.242. The molecule has 1 aliphatic carbocycles. The van der Waals surface area contributed by atoms with Crippen LogP contribution in [0.15, 0.2) is 30.5 Å². The highest BCUT2D eigenvalue weighted by Crippen LogP contribution is 2.33. The number of ether oxygens (including phenoxy) is 3. The zero-order valence-electron chi connectivity index (χ0n) is 14.1. The molecule has 1 N–H and O–H groups in total. The van der Waals surface area contributed by atoms with Gasteiger partial charge in [-0.3, -0.25) is 4.79 Å². The number of anilines is 1. The van der Waals surface area contributed by atoms with Crippen LogP contribution >= 0.6 is 0 Å². The number of rotatable bonds is 5. The molecule has 1 aromatic carbocycles. The van der Waals surface area contributed by atoms with Crippen LogP contribution in [0.25, 0.3) is 0 Å². The quantitative estimate of drug-likeness (QED) is 0.827. The van der Waals surface area contributed by atoms with Crippen molar-refractivity contribution in [1.29, 1.82) is 0 Å². The van der Waals surface area contributed by atoms with Crippen LogP contribution in [-0.4, -0.2) is 35.1 Å². The van der Waals surface area contributed by atoms with Gasteiger partial charge >= 0.3 is 5.97 Å². The number of amides is 1. The van der Waals surface area contributed by atoms with E-state index in [0.29, 0.717) is 28.9 Å². The third kappa shape index (κ3) is 3.35. The van der Waals surface area contributed by atoms with E-state index in [9.17, 15) is 9.59 Å². The van der Waals surface area contributed by atoms with E-state index >= 15 is 0 Å². The molecular formula is C18H19N3O5. The van der Waals surface area contributed by atoms with Gasteiger partial charge in [-0.15, -0.1) is 0 Å². The van der Waals surface area contributed by atoms with Gasteiger partial charge < -0.3 is 19.5 Å². The predicted octanol–water partition coefficient (Wildman–Crippen LogP) is 2.52. The number of nitrogens with one attached hydrogen (secondary N) is 1. The Bertz CT molecular complexity index is 826. The number of esters is 1. The summed E-state index contributed by atoms with van der Waals surface area (Å²) in [5, 5.41) is 7.05. The SMILES string of the molecule is O=C(COC(=O)c1ccc2c(c1)OCO2)Nc1ccnn1C1CCCC1. The van der Waals surface area contributed by atoms with Crippen molar-refractivity contribution >= 4 is 17.7 Å². The highest BCUT2D eigenvalue weighted by atomic mass is 16.7. The monoisotopic (exact) mass is 357 g/mol. The second-order valence-corrected chi connectivity index (χ2v) is 6.29. The highest BCUT2D eigenvalue weighted by molar-refractivity contribution is 5.95. The minimum Gasteiger partial charge on any atom is -0.454 e. The molecule has 4 rings (SSSR count). The molecule has 0 spiro atoms. The molecule has 0 unspecified atom stereocenters. The van der Waals surface area contributed by atoms with Gasteiger partial charge in [0.1, 0.15) is 5.82 Å². The molecule has 0 atom stereocenters. The van der Waals surface area contributed by atoms with E-state index in [2.05, 4.69) is 10.4 Å². The molecule has 0 radical (unpaired) electrons. The van der Waals surface area contributed by atoms with Gasteiger partial charge in [-0.2, -0.15) is 5.10 Å². The molecule has 0 bridgehead atoms. The average molecular weight is 357 g/mol. The van der Waals surface area contributed by atoms with Crippen LogP contribution in [0.2, 0.25) is 0 Å². The molecule has 136 valence electrons. The zero-order chi connectivity index (χ0) is 17.9. The Kier molecular flexibility index (Phi) is 4.47. The van der Waals surface area contributed by atoms with Crippen LogP contribution in [-0.2, 0) is 9.53 Å². The van der Waals surface area contributed by atoms with E-state index in [4.69, 9.17) is 14.2 Å². The number of aromatic nitrogens is 2. The van der Waals surface area contributed by atoms with Crippen molar-refractivity contribution in [1.82, 2.24) is 9.78 Å². The molecule has 2 heterocycles. The summed E-state index contributed by atoms with van der Waals surface area (Å²) in [6.07, 6.45) is 6.12. The molecule has 26 heavy (non-hydrogen) atoms. The molecule has 1 saturated carbocycles. The second kappa shape index (κ2) is 7.07. The number of carbonyl (C=O) groups excluding carboxylic acids is 2. The molecule has 2 aromatic rings. The maximum Gasteiger partial charge on any atom is 0.338 e. The van der Waals surface area contributed by atoms with Crippen molar-refractivity contribution in [3.63, 3.8) is 0 Å². The predicted molar refractivity (Wildman–Crippen MR) is 91.2 cm³/mol. The largest absolute Gasteiger partial charge is 0.454 e. The summed E-state index contributed by atoms with van der Waals surface area (Å²) in [7, 11) is 0. The first-order chi connectivity index (χ1) is 12.7. The maximum absolute atomic E-state index is 12.1. The maximum atomic E-state index is 12.1. The van der Waals surface area contributed by atoms with E-state index in [-0.39, 0.29) is 13.4 Å². The van der Waals surface area contributed by atoms with Crippen LogP contribution in [0.3, 0.4) is 0 Å². The fourth-order valence-electron chi connectivity index (χ4n) is 3.27. The van der Waals surface area contributed by atoms with Gasteiger partial charge in [-0.25, -0.2) is 9.48 Å². The first-order valence-electron chi connectivity index (χ1n) is 8.61. The molecule has 1 aliphatic heterocycles. The number of nitrogens with zero attached hydrogens (tertiary/aromatic N) is 2. The van der Waals surface area contributed by atoms with Crippen molar-refractivity contribution in [2.75, 3.05) is 18.7 Å². The minimum atomic E-state index is -0.595. The second-order valence-electron chi connectivity index (χ2n) is 6.29. The lowest BCUT2D eigenvalue weighted by molar-refractivity contribution is -0.119. The van der Waals surface area contributed by atoms with Gasteiger partial charge in [0, 0.05) is 6.07 Å². The first kappa shape index (κ1) is 16.4. The summed E-state index contributed by atoms with van der Waals surface area (Å²) >= 11 is 0. The molecule has 0 saturated heterocycles. The van der Waals surface area contributed by atoms with Crippen LogP contribution in [0, 0.1) is 0 Å². The Morgan fingerprint density at radius 2 is 2.00 bits per heavy atom. The Balaban J connectivity index is 1.33. The molecular weight excluding hydrogens is 338 g/mol. The van der Waals surface area contributed by atoms with Crippen molar-refractivity contribution in [2.45, 2.75) is 31.7 Å². The molecule has 1 amide bonds. The van der Waals surface area contributed by atoms with E-state index in [1.165, 1.54) is 18.9 Å². The Hall–Kier alpha value is -3.03. The van der Waals surface area contributed by atoms with Crippen LogP contribution in [0.1, 0.15) is 42.1 Å². The Morgan fingerprint density at radius 3 is 2.85 bits per heavy atom. The van der Waals surface area contributed by atoms with Gasteiger partial charge in [0.05, 0.1) is 17.8 Å². The molecule has 1 aromatic heterocycles. The third-order valence-corrected chi connectivity index (χ3v) is 4.55. The van der Waals surface area contributed by atoms with Crippen molar-refractivity contribution in [3.8, 4) is 11.5 Å². The standard InChI is InChI=1S/C18H19N3O5/c22-17(20-16-7-8-19-21(16)13-3-1-2-4-13)10-24-18(23)12-5-6-14-15(9-12)26-11-25-14/h5-9,13H,1-4,10-11H2,(H,20,22). The van der Waals surface area contributed by atoms with Gasteiger partial charge in [0.15, 0.2) is 18.1 Å². The lowest BCUT2D eigenvalue weighted by atomic mass is 10.2. The summed E-state index contributed by atoms with van der Waals surface area (Å²) in [6, 6.07) is 6.81. The summed E-state index contributed by atoms with van der Waals surface area (Å²) < 4.78 is 17.3. The number of benzene rings is 1. The fourth-order valence-corrected chi connectivity index (χ4v) is 3.27. The van der Waals surface area contributed by atoms with Gasteiger partial charge in [-0.05, 0) is 31.0 Å². The van der Waals surface area contributed by atoms with E-state index in [1.54, 1.807) is 24.4 Å². The van der Waals surface area contributed by atoms with Crippen LogP contribution in [0.5, 0.6) is 11.5 Å². The average Bonchev–Trinajstić information content (AvgIpc) is 3.39. The zero-order valence-corrected chi connectivity index (χ0v) is 14.1. The first-order valence-corrected chi connectivity index (χ1v) is 8.61. The third-order valence-electron chi connectivity index (χ3n) is 4.55. The van der Waals surface area contributed by atoms with E-state index in [0.717, 1.165) is 12.8 Å². The minimum absolute atomic E-state index is 0.130. The van der Waals surface area contributed by atoms with E-state index < -0.39 is 11.9 Å². The van der Waals surface area contributed by atoms with E-state index in [1.807, 2.05) is 4.68 Å². The Labute approximate surface area is 150 Å². The van der Waals surface area contributed by atoms with Crippen LogP contribution < -0.4 is 14.8 Å². The number of hydrogen-bond acceptors (Lipinski definition) is 6. The molecule has 2 aliphatic rings. The number of fused-ring (bicyclic) bond motifs is 1. The smallest absolute Gasteiger partial charge is 0.338 e. The van der Waals surface area contributed by atoms with Crippen molar-refractivity contribution < 1.29 is 23.8 Å². The summed E-state index contributed by atoms with van der Waals surface area (Å²) in [5.74, 6) is 0.700. The van der Waals surface area contributed by atoms with Gasteiger partial charge in [0.2, 0.25) is 6.79 Å². The molecule has 1 fully saturated rings. The lowest BCUT2D eigenvalue weighted by Gasteiger charge is -2.14. The molecule has 8 nitrogen and oxygen atoms in total. The van der Waals surface area contributed by atoms with Crippen LogP contribution in [0.4, 0.5) is 5.82 Å². The fraction of sp³-hybridized carbons (Fsp3) is 0.389. The summed E-state index contributed by atoms with van der Waals surface area (Å²) in [4.78, 5) is 24.2. The highest BCUT2D eigenvalue weighted by Gasteiger charge is 2.21. The van der Waals surface area contributed by atoms with Crippen molar-refractivity contribution in [2.24, 2.45) is 0 Å². The number of carbonyl (C=O) groups is 2. The lowest BCUT2D eigenvalue weighted by Crippen LogP contribution is -2.23. The van der Waals surface area contributed by atoms with Gasteiger partial charge in [-0.1, -0.05) is 12.8 Å². The topological polar surface area (TPSA) is 91.7 Å². The summed E-state index contributed by atoms with van der Waals surface area (Å²) in [5.41, 5.74) is 0.304. The van der Waals surface area contributed by atoms with Crippen molar-refractivity contribution in [3.05, 3.63) is 36.0 Å². The normalized spacial score (nSPS) is 15.8.